The Hall–Kier alpha value is -2.44. The smallest absolute Gasteiger partial charge is 0.263 e. The lowest BCUT2D eigenvalue weighted by molar-refractivity contribution is -0.126. The number of nitrogens with one attached hydrogen (secondary N) is 1. The number of hydrogen-bond acceptors (Lipinski definition) is 4. The number of thiophene rings is 2. The third-order valence-corrected chi connectivity index (χ3v) is 7.44. The number of hydrogen-bond donors (Lipinski definition) is 1. The van der Waals surface area contributed by atoms with Gasteiger partial charge in [0.25, 0.3) is 5.91 Å². The SMILES string of the molecule is CCc1ccc(C(NC(=O)C2CCCN(C(=O)c3cccs3)C2)c2cccs2)cc1. The largest absolute Gasteiger partial charge is 0.344 e. The standard InChI is InChI=1S/C24H26N2O2S2/c1-2-17-9-11-18(12-10-17)22(20-7-4-14-29-20)25-23(27)19-6-3-13-26(16-19)24(28)21-8-5-15-30-21/h4-5,7-12,14-15,19,22H,2-3,6,13,16H2,1H3,(H,25,27). The fraction of sp³-hybridized carbons (Fsp3) is 0.333. The highest BCUT2D eigenvalue weighted by Gasteiger charge is 2.31. The van der Waals surface area contributed by atoms with Crippen LogP contribution in [0.25, 0.3) is 0 Å². The van der Waals surface area contributed by atoms with E-state index in [0.717, 1.165) is 34.6 Å². The molecule has 2 unspecified atom stereocenters. The van der Waals surface area contributed by atoms with E-state index < -0.39 is 0 Å². The lowest BCUT2D eigenvalue weighted by Gasteiger charge is -2.32. The molecule has 4 nitrogen and oxygen atoms in total. The van der Waals surface area contributed by atoms with Crippen LogP contribution in [0.5, 0.6) is 0 Å². The van der Waals surface area contributed by atoms with Gasteiger partial charge in [-0.3, -0.25) is 9.59 Å². The maximum Gasteiger partial charge on any atom is 0.263 e. The van der Waals surface area contributed by atoms with Crippen molar-refractivity contribution in [1.82, 2.24) is 10.2 Å². The van der Waals surface area contributed by atoms with E-state index in [0.29, 0.717) is 13.1 Å². The molecule has 0 bridgehead atoms. The third-order valence-electron chi connectivity index (χ3n) is 5.65. The number of aryl methyl sites for hydroxylation is 1. The van der Waals surface area contributed by atoms with Crippen LogP contribution in [0.3, 0.4) is 0 Å². The number of carbonyl (C=O) groups excluding carboxylic acids is 2. The number of likely N-dealkylation sites (tertiary alicyclic amines) is 1. The molecular weight excluding hydrogens is 412 g/mol. The minimum atomic E-state index is -0.181. The van der Waals surface area contributed by atoms with Crippen LogP contribution in [-0.2, 0) is 11.2 Å². The summed E-state index contributed by atoms with van der Waals surface area (Å²) in [6.45, 7) is 3.34. The second-order valence-corrected chi connectivity index (χ2v) is 9.55. The Kier molecular flexibility index (Phi) is 6.65. The topological polar surface area (TPSA) is 49.4 Å². The van der Waals surface area contributed by atoms with Crippen molar-refractivity contribution in [3.05, 3.63) is 80.2 Å². The van der Waals surface area contributed by atoms with Crippen LogP contribution < -0.4 is 5.32 Å². The molecule has 0 radical (unpaired) electrons. The Morgan fingerprint density at radius 1 is 1.10 bits per heavy atom. The minimum Gasteiger partial charge on any atom is -0.344 e. The first-order valence-corrected chi connectivity index (χ1v) is 12.2. The van der Waals surface area contributed by atoms with Crippen molar-refractivity contribution >= 4 is 34.5 Å². The van der Waals surface area contributed by atoms with Crippen LogP contribution in [-0.4, -0.2) is 29.8 Å². The highest BCUT2D eigenvalue weighted by molar-refractivity contribution is 7.12. The molecule has 6 heteroatoms. The molecule has 1 aromatic carbocycles. The summed E-state index contributed by atoms with van der Waals surface area (Å²) in [7, 11) is 0. The molecule has 1 N–H and O–H groups in total. The van der Waals surface area contributed by atoms with Crippen LogP contribution in [0.2, 0.25) is 0 Å². The Morgan fingerprint density at radius 3 is 2.53 bits per heavy atom. The van der Waals surface area contributed by atoms with E-state index in [4.69, 9.17) is 0 Å². The minimum absolute atomic E-state index is 0.0247. The molecule has 3 heterocycles. The van der Waals surface area contributed by atoms with Crippen molar-refractivity contribution in [2.75, 3.05) is 13.1 Å². The van der Waals surface area contributed by atoms with Crippen molar-refractivity contribution in [1.29, 1.82) is 0 Å². The molecule has 1 saturated heterocycles. The molecular formula is C24H26N2O2S2. The number of nitrogens with zero attached hydrogens (tertiary/aromatic N) is 1. The molecule has 30 heavy (non-hydrogen) atoms. The fourth-order valence-electron chi connectivity index (χ4n) is 3.91. The molecule has 1 fully saturated rings. The van der Waals surface area contributed by atoms with Crippen LogP contribution in [0.15, 0.2) is 59.3 Å². The predicted octanol–water partition coefficient (Wildman–Crippen LogP) is 5.13. The van der Waals surface area contributed by atoms with Crippen molar-refractivity contribution < 1.29 is 9.59 Å². The molecule has 3 aromatic rings. The van der Waals surface area contributed by atoms with Gasteiger partial charge in [0.05, 0.1) is 16.8 Å². The van der Waals surface area contributed by atoms with Gasteiger partial charge in [0.2, 0.25) is 5.91 Å². The lowest BCUT2D eigenvalue weighted by Crippen LogP contribution is -2.46. The summed E-state index contributed by atoms with van der Waals surface area (Å²) in [5.74, 6) is -0.121. The van der Waals surface area contributed by atoms with Gasteiger partial charge in [-0.05, 0) is 53.3 Å². The van der Waals surface area contributed by atoms with Gasteiger partial charge in [-0.15, -0.1) is 22.7 Å². The fourth-order valence-corrected chi connectivity index (χ4v) is 5.41. The van der Waals surface area contributed by atoms with E-state index in [1.165, 1.54) is 16.9 Å². The van der Waals surface area contributed by atoms with E-state index in [1.807, 2.05) is 33.9 Å². The average molecular weight is 439 g/mol. The summed E-state index contributed by atoms with van der Waals surface area (Å²) < 4.78 is 0. The molecule has 0 saturated carbocycles. The van der Waals surface area contributed by atoms with Gasteiger partial charge in [0.1, 0.15) is 0 Å². The van der Waals surface area contributed by atoms with Crippen molar-refractivity contribution in [3.8, 4) is 0 Å². The van der Waals surface area contributed by atoms with Gasteiger partial charge >= 0.3 is 0 Å². The van der Waals surface area contributed by atoms with Crippen LogP contribution >= 0.6 is 22.7 Å². The molecule has 0 aliphatic carbocycles. The number of piperidine rings is 1. The first kappa shape index (κ1) is 20.8. The summed E-state index contributed by atoms with van der Waals surface area (Å²) in [4.78, 5) is 29.6. The maximum absolute atomic E-state index is 13.2. The van der Waals surface area contributed by atoms with E-state index in [9.17, 15) is 9.59 Å². The number of carbonyl (C=O) groups is 2. The van der Waals surface area contributed by atoms with E-state index in [2.05, 4.69) is 42.6 Å². The molecule has 1 aliphatic rings. The Balaban J connectivity index is 1.48. The molecule has 2 aromatic heterocycles. The van der Waals surface area contributed by atoms with E-state index >= 15 is 0 Å². The summed E-state index contributed by atoms with van der Waals surface area (Å²) in [6.07, 6.45) is 2.66. The summed E-state index contributed by atoms with van der Waals surface area (Å²) >= 11 is 3.10. The van der Waals surface area contributed by atoms with Gasteiger partial charge in [-0.1, -0.05) is 43.3 Å². The highest BCUT2D eigenvalue weighted by atomic mass is 32.1. The first-order valence-electron chi connectivity index (χ1n) is 10.4. The molecule has 0 spiro atoms. The van der Waals surface area contributed by atoms with Gasteiger partial charge in [0.15, 0.2) is 0 Å². The third kappa shape index (κ3) is 4.65. The second-order valence-electron chi connectivity index (χ2n) is 7.62. The second kappa shape index (κ2) is 9.58. The quantitative estimate of drug-likeness (QED) is 0.580. The molecule has 2 amide bonds. The molecule has 4 rings (SSSR count). The van der Waals surface area contributed by atoms with E-state index in [1.54, 1.807) is 11.3 Å². The molecule has 1 aliphatic heterocycles. The Bertz CT molecular complexity index is 965. The van der Waals surface area contributed by atoms with Gasteiger partial charge < -0.3 is 10.2 Å². The summed E-state index contributed by atoms with van der Waals surface area (Å²) in [5, 5.41) is 7.23. The zero-order chi connectivity index (χ0) is 20.9. The van der Waals surface area contributed by atoms with Crippen LogP contribution in [0, 0.1) is 5.92 Å². The Labute approximate surface area is 185 Å². The van der Waals surface area contributed by atoms with Crippen LogP contribution in [0.1, 0.15) is 51.5 Å². The highest BCUT2D eigenvalue weighted by Crippen LogP contribution is 2.28. The number of amides is 2. The average Bonchev–Trinajstić information content (AvgIpc) is 3.51. The van der Waals surface area contributed by atoms with E-state index in [-0.39, 0.29) is 23.8 Å². The first-order chi connectivity index (χ1) is 14.7. The van der Waals surface area contributed by atoms with Gasteiger partial charge in [0, 0.05) is 18.0 Å². The number of benzene rings is 1. The van der Waals surface area contributed by atoms with Crippen molar-refractivity contribution in [2.24, 2.45) is 5.92 Å². The maximum atomic E-state index is 13.2. The summed E-state index contributed by atoms with van der Waals surface area (Å²) in [5.41, 5.74) is 2.37. The lowest BCUT2D eigenvalue weighted by atomic mass is 9.95. The Morgan fingerprint density at radius 2 is 1.87 bits per heavy atom. The predicted molar refractivity (Wildman–Crippen MR) is 123 cm³/mol. The molecule has 2 atom stereocenters. The van der Waals surface area contributed by atoms with Gasteiger partial charge in [-0.25, -0.2) is 0 Å². The normalized spacial score (nSPS) is 17.5. The van der Waals surface area contributed by atoms with Crippen molar-refractivity contribution in [3.63, 3.8) is 0 Å². The van der Waals surface area contributed by atoms with Crippen molar-refractivity contribution in [2.45, 2.75) is 32.2 Å². The summed E-state index contributed by atoms with van der Waals surface area (Å²) in [6, 6.07) is 16.1. The molecule has 156 valence electrons. The van der Waals surface area contributed by atoms with Crippen LogP contribution in [0.4, 0.5) is 0 Å². The zero-order valence-corrected chi connectivity index (χ0v) is 18.7. The van der Waals surface area contributed by atoms with Gasteiger partial charge in [-0.2, -0.15) is 0 Å². The monoisotopic (exact) mass is 438 g/mol. The number of rotatable bonds is 6. The zero-order valence-electron chi connectivity index (χ0n) is 17.0.